The minimum Gasteiger partial charge on any atom is -0.473 e. The molecule has 0 aromatic heterocycles. The highest BCUT2D eigenvalue weighted by Crippen LogP contribution is 2.41. The fourth-order valence-corrected chi connectivity index (χ4v) is 1.99. The molecule has 0 aliphatic rings. The highest BCUT2D eigenvalue weighted by Gasteiger charge is 2.18. The molecule has 2 aromatic carbocycles. The first-order valence-corrected chi connectivity index (χ1v) is 7.37. The number of ether oxygens (including phenoxy) is 1. The first-order valence-electron chi connectivity index (χ1n) is 5.47. The average Bonchev–Trinajstić information content (AvgIpc) is 2.39. The number of halogens is 1. The van der Waals surface area contributed by atoms with Crippen molar-refractivity contribution in [3.8, 4) is 11.5 Å². The topological polar surface area (TPSA) is 76.0 Å². The molecule has 0 saturated carbocycles. The Kier molecular flexibility index (Phi) is 4.68. The molecule has 0 aliphatic carbocycles. The lowest BCUT2D eigenvalue weighted by Crippen LogP contribution is -1.95. The van der Waals surface area contributed by atoms with Gasteiger partial charge in [0, 0.05) is 5.56 Å². The Hall–Kier alpha value is -1.52. The summed E-state index contributed by atoms with van der Waals surface area (Å²) in [5, 5.41) is 0.0820. The van der Waals surface area contributed by atoms with Crippen molar-refractivity contribution in [1.82, 2.24) is 0 Å². The highest BCUT2D eigenvalue weighted by molar-refractivity contribution is 7.46. The van der Waals surface area contributed by atoms with E-state index in [2.05, 4.69) is 11.1 Å². The van der Waals surface area contributed by atoms with Gasteiger partial charge in [-0.3, -0.25) is 9.79 Å². The highest BCUT2D eigenvalue weighted by atomic mass is 35.5. The Bertz CT molecular complexity index is 626. The molecule has 2 N–H and O–H groups in total. The van der Waals surface area contributed by atoms with Crippen LogP contribution in [0.3, 0.4) is 0 Å². The second-order valence-corrected chi connectivity index (χ2v) is 5.32. The Morgan fingerprint density at radius 2 is 1.80 bits per heavy atom. The van der Waals surface area contributed by atoms with E-state index in [0.717, 1.165) is 0 Å². The van der Waals surface area contributed by atoms with E-state index in [1.165, 1.54) is 12.1 Å². The lowest BCUT2D eigenvalue weighted by molar-refractivity contribution is 0.283. The van der Waals surface area contributed by atoms with Crippen LogP contribution >= 0.6 is 19.4 Å². The molecule has 2 aromatic rings. The molecule has 0 amide bonds. The molecule has 0 spiro atoms. The largest absolute Gasteiger partial charge is 0.524 e. The van der Waals surface area contributed by atoms with Crippen molar-refractivity contribution in [3.05, 3.63) is 65.7 Å². The van der Waals surface area contributed by atoms with Gasteiger partial charge in [-0.2, -0.15) is 0 Å². The second-order valence-electron chi connectivity index (χ2n) is 3.74. The molecule has 5 nitrogen and oxygen atoms in total. The van der Waals surface area contributed by atoms with Gasteiger partial charge in [0.25, 0.3) is 0 Å². The number of phosphoric ester groups is 1. The summed E-state index contributed by atoms with van der Waals surface area (Å²) in [4.78, 5) is 17.5. The first kappa shape index (κ1) is 14.9. The van der Waals surface area contributed by atoms with Gasteiger partial charge in [-0.15, -0.1) is 0 Å². The van der Waals surface area contributed by atoms with Crippen LogP contribution in [0.4, 0.5) is 0 Å². The van der Waals surface area contributed by atoms with Gasteiger partial charge in [0.15, 0.2) is 5.75 Å². The molecule has 2 radical (unpaired) electrons. The third-order valence-electron chi connectivity index (χ3n) is 2.18. The van der Waals surface area contributed by atoms with Crippen LogP contribution in [0.1, 0.15) is 5.56 Å². The SMILES string of the molecule is O=P(O)(O)Oc1cc([C]Oc2ccccc2)ccc1Cl. The fraction of sp³-hybridized carbons (Fsp3) is 0. The maximum atomic E-state index is 10.8. The Labute approximate surface area is 121 Å². The van der Waals surface area contributed by atoms with Crippen LogP contribution in [0.5, 0.6) is 11.5 Å². The van der Waals surface area contributed by atoms with Gasteiger partial charge in [0.2, 0.25) is 6.61 Å². The maximum absolute atomic E-state index is 10.8. The zero-order valence-electron chi connectivity index (χ0n) is 10.1. The molecule has 0 aliphatic heterocycles. The van der Waals surface area contributed by atoms with Crippen molar-refractivity contribution in [2.75, 3.05) is 0 Å². The van der Waals surface area contributed by atoms with Crippen molar-refractivity contribution < 1.29 is 23.6 Å². The molecule has 0 bridgehead atoms. The molecule has 20 heavy (non-hydrogen) atoms. The monoisotopic (exact) mass is 312 g/mol. The maximum Gasteiger partial charge on any atom is 0.524 e. The number of hydrogen-bond acceptors (Lipinski definition) is 3. The van der Waals surface area contributed by atoms with Crippen LogP contribution in [0.15, 0.2) is 48.5 Å². The summed E-state index contributed by atoms with van der Waals surface area (Å²) >= 11 is 5.78. The van der Waals surface area contributed by atoms with E-state index in [0.29, 0.717) is 11.3 Å². The van der Waals surface area contributed by atoms with Gasteiger partial charge in [0.05, 0.1) is 5.02 Å². The van der Waals surface area contributed by atoms with E-state index in [1.54, 1.807) is 30.3 Å². The summed E-state index contributed by atoms with van der Waals surface area (Å²) < 4.78 is 20.5. The van der Waals surface area contributed by atoms with Gasteiger partial charge >= 0.3 is 7.82 Å². The summed E-state index contributed by atoms with van der Waals surface area (Å²) in [6, 6.07) is 13.3. The molecule has 7 heteroatoms. The van der Waals surface area contributed by atoms with Gasteiger partial charge in [0.1, 0.15) is 5.75 Å². The molecular weight excluding hydrogens is 303 g/mol. The van der Waals surface area contributed by atoms with Gasteiger partial charge in [-0.05, 0) is 24.3 Å². The molecule has 0 atom stereocenters. The molecule has 0 heterocycles. The van der Waals surface area contributed by atoms with Gasteiger partial charge < -0.3 is 9.26 Å². The van der Waals surface area contributed by atoms with Gasteiger partial charge in [-0.1, -0.05) is 35.9 Å². The summed E-state index contributed by atoms with van der Waals surface area (Å²) in [6.07, 6.45) is 0. The minimum absolute atomic E-state index is 0.0820. The Balaban J connectivity index is 2.09. The van der Waals surface area contributed by atoms with E-state index in [4.69, 9.17) is 26.1 Å². The molecule has 0 saturated heterocycles. The van der Waals surface area contributed by atoms with Crippen molar-refractivity contribution in [3.63, 3.8) is 0 Å². The number of para-hydroxylation sites is 1. The summed E-state index contributed by atoms with van der Waals surface area (Å²) in [5.74, 6) is 0.446. The van der Waals surface area contributed by atoms with E-state index in [-0.39, 0.29) is 10.8 Å². The molecule has 104 valence electrons. The third-order valence-corrected chi connectivity index (χ3v) is 2.93. The van der Waals surface area contributed by atoms with Crippen LogP contribution in [-0.2, 0) is 4.57 Å². The normalized spacial score (nSPS) is 11.2. The Morgan fingerprint density at radius 3 is 2.45 bits per heavy atom. The zero-order chi connectivity index (χ0) is 14.6. The summed E-state index contributed by atoms with van der Waals surface area (Å²) in [5.41, 5.74) is 0.432. The van der Waals surface area contributed by atoms with Crippen LogP contribution in [0.2, 0.25) is 5.02 Å². The smallest absolute Gasteiger partial charge is 0.473 e. The van der Waals surface area contributed by atoms with Crippen molar-refractivity contribution in [2.24, 2.45) is 0 Å². The predicted molar refractivity (Wildman–Crippen MR) is 73.5 cm³/mol. The average molecular weight is 313 g/mol. The molecule has 2 rings (SSSR count). The Morgan fingerprint density at radius 1 is 1.10 bits per heavy atom. The van der Waals surface area contributed by atoms with Crippen molar-refractivity contribution in [1.29, 1.82) is 0 Å². The van der Waals surface area contributed by atoms with E-state index in [9.17, 15) is 4.57 Å². The number of rotatable bonds is 5. The number of benzene rings is 2. The number of phosphoric acid groups is 1. The van der Waals surface area contributed by atoms with Crippen molar-refractivity contribution in [2.45, 2.75) is 0 Å². The minimum atomic E-state index is -4.66. The predicted octanol–water partition coefficient (Wildman–Crippen LogP) is 3.28. The van der Waals surface area contributed by atoms with E-state index < -0.39 is 7.82 Å². The molecule has 0 fully saturated rings. The summed E-state index contributed by atoms with van der Waals surface area (Å²) in [7, 11) is -4.66. The van der Waals surface area contributed by atoms with Crippen LogP contribution in [0, 0.1) is 6.61 Å². The molecule has 0 unspecified atom stereocenters. The van der Waals surface area contributed by atoms with Crippen molar-refractivity contribution >= 4 is 19.4 Å². The van der Waals surface area contributed by atoms with Crippen LogP contribution in [-0.4, -0.2) is 9.79 Å². The quantitative estimate of drug-likeness (QED) is 0.829. The van der Waals surface area contributed by atoms with Crippen LogP contribution < -0.4 is 9.26 Å². The summed E-state index contributed by atoms with van der Waals surface area (Å²) in [6.45, 7) is 2.62. The second kappa shape index (κ2) is 6.29. The zero-order valence-corrected chi connectivity index (χ0v) is 11.7. The van der Waals surface area contributed by atoms with Gasteiger partial charge in [-0.25, -0.2) is 4.57 Å². The third kappa shape index (κ3) is 4.54. The lowest BCUT2D eigenvalue weighted by Gasteiger charge is -2.10. The number of hydrogen-bond donors (Lipinski definition) is 2. The van der Waals surface area contributed by atoms with Crippen LogP contribution in [0.25, 0.3) is 0 Å². The standard InChI is InChI=1S/C13H10ClO5P/c14-12-7-6-10(8-13(12)19-20(15,16)17)9-18-11-4-2-1-3-5-11/h1-8H,(H2,15,16,17). The van der Waals surface area contributed by atoms with E-state index >= 15 is 0 Å². The lowest BCUT2D eigenvalue weighted by atomic mass is 10.2. The molecular formula is C13H10ClO5P. The van der Waals surface area contributed by atoms with E-state index in [1.807, 2.05) is 6.07 Å². The first-order chi connectivity index (χ1) is 9.44. The fourth-order valence-electron chi connectivity index (χ4n) is 1.37.